The van der Waals surface area contributed by atoms with Gasteiger partial charge in [0.2, 0.25) is 0 Å². The first kappa shape index (κ1) is 13.9. The number of aliphatic hydroxyl groups is 1. The molecule has 1 aliphatic rings. The predicted octanol–water partition coefficient (Wildman–Crippen LogP) is 1.47. The molecule has 1 unspecified atom stereocenters. The SMILES string of the molecule is CCNC(CO)CCN1CCC(C)(C)CC1. The molecule has 3 heteroatoms. The number of likely N-dealkylation sites (tertiary alicyclic amines) is 1. The number of nitrogens with zero attached hydrogens (tertiary/aromatic N) is 1. The van der Waals surface area contributed by atoms with Crippen molar-refractivity contribution in [2.45, 2.75) is 46.1 Å². The largest absolute Gasteiger partial charge is 0.395 e. The molecule has 1 heterocycles. The van der Waals surface area contributed by atoms with Gasteiger partial charge in [-0.15, -0.1) is 0 Å². The zero-order chi connectivity index (χ0) is 12.0. The Labute approximate surface area is 100 Å². The number of hydrogen-bond acceptors (Lipinski definition) is 3. The third-order valence-electron chi connectivity index (χ3n) is 3.72. The number of rotatable bonds is 6. The van der Waals surface area contributed by atoms with Gasteiger partial charge in [-0.2, -0.15) is 0 Å². The fourth-order valence-corrected chi connectivity index (χ4v) is 2.27. The van der Waals surface area contributed by atoms with E-state index in [1.165, 1.54) is 25.9 Å². The van der Waals surface area contributed by atoms with Crippen molar-refractivity contribution in [3.05, 3.63) is 0 Å². The third-order valence-corrected chi connectivity index (χ3v) is 3.72. The summed E-state index contributed by atoms with van der Waals surface area (Å²) < 4.78 is 0. The summed E-state index contributed by atoms with van der Waals surface area (Å²) in [5, 5.41) is 12.5. The Morgan fingerprint density at radius 1 is 1.31 bits per heavy atom. The summed E-state index contributed by atoms with van der Waals surface area (Å²) in [6.45, 7) is 11.6. The van der Waals surface area contributed by atoms with Crippen LogP contribution in [0.4, 0.5) is 0 Å². The molecule has 16 heavy (non-hydrogen) atoms. The third kappa shape index (κ3) is 4.81. The monoisotopic (exact) mass is 228 g/mol. The first-order chi connectivity index (χ1) is 7.57. The van der Waals surface area contributed by atoms with Crippen LogP contribution >= 0.6 is 0 Å². The van der Waals surface area contributed by atoms with Gasteiger partial charge in [-0.25, -0.2) is 0 Å². The van der Waals surface area contributed by atoms with E-state index in [9.17, 15) is 5.11 Å². The molecule has 0 saturated carbocycles. The first-order valence-electron chi connectivity index (χ1n) is 6.64. The summed E-state index contributed by atoms with van der Waals surface area (Å²) in [5.41, 5.74) is 0.536. The van der Waals surface area contributed by atoms with Crippen molar-refractivity contribution >= 4 is 0 Å². The number of nitrogens with one attached hydrogen (secondary N) is 1. The Bertz CT molecular complexity index is 184. The second-order valence-electron chi connectivity index (χ2n) is 5.73. The minimum absolute atomic E-state index is 0.257. The molecule has 2 N–H and O–H groups in total. The lowest BCUT2D eigenvalue weighted by Gasteiger charge is -2.37. The molecular formula is C13H28N2O. The van der Waals surface area contributed by atoms with Crippen molar-refractivity contribution in [3.8, 4) is 0 Å². The maximum Gasteiger partial charge on any atom is 0.0585 e. The summed E-state index contributed by atoms with van der Waals surface area (Å²) in [6.07, 6.45) is 3.67. The van der Waals surface area contributed by atoms with Gasteiger partial charge >= 0.3 is 0 Å². The maximum atomic E-state index is 9.19. The highest BCUT2D eigenvalue weighted by Crippen LogP contribution is 2.29. The van der Waals surface area contributed by atoms with E-state index in [0.717, 1.165) is 19.5 Å². The summed E-state index contributed by atoms with van der Waals surface area (Å²) in [4.78, 5) is 2.53. The lowest BCUT2D eigenvalue weighted by atomic mass is 9.82. The van der Waals surface area contributed by atoms with Gasteiger partial charge in [-0.1, -0.05) is 20.8 Å². The van der Waals surface area contributed by atoms with Crippen LogP contribution in [0.3, 0.4) is 0 Å². The van der Waals surface area contributed by atoms with Crippen molar-refractivity contribution in [2.75, 3.05) is 32.8 Å². The van der Waals surface area contributed by atoms with E-state index in [2.05, 4.69) is 31.0 Å². The van der Waals surface area contributed by atoms with Crippen molar-refractivity contribution < 1.29 is 5.11 Å². The van der Waals surface area contributed by atoms with Crippen LogP contribution in [-0.4, -0.2) is 48.8 Å². The number of aliphatic hydroxyl groups excluding tert-OH is 1. The maximum absolute atomic E-state index is 9.19. The van der Waals surface area contributed by atoms with E-state index in [1.807, 2.05) is 0 Å². The Kier molecular flexibility index (Phi) is 5.73. The van der Waals surface area contributed by atoms with E-state index in [4.69, 9.17) is 0 Å². The molecule has 0 aliphatic carbocycles. The van der Waals surface area contributed by atoms with E-state index < -0.39 is 0 Å². The molecule has 0 spiro atoms. The Hall–Kier alpha value is -0.120. The van der Waals surface area contributed by atoms with Crippen LogP contribution in [-0.2, 0) is 0 Å². The van der Waals surface area contributed by atoms with Crippen LogP contribution in [0.2, 0.25) is 0 Å². The van der Waals surface area contributed by atoms with E-state index in [-0.39, 0.29) is 12.6 Å². The molecule has 0 bridgehead atoms. The average Bonchev–Trinajstić information content (AvgIpc) is 2.26. The van der Waals surface area contributed by atoms with Gasteiger partial charge in [0.1, 0.15) is 0 Å². The van der Waals surface area contributed by atoms with Crippen LogP contribution in [0.25, 0.3) is 0 Å². The zero-order valence-electron chi connectivity index (χ0n) is 11.1. The quantitative estimate of drug-likeness (QED) is 0.722. The molecule has 1 aliphatic heterocycles. The van der Waals surface area contributed by atoms with Crippen molar-refractivity contribution in [1.29, 1.82) is 0 Å². The summed E-state index contributed by atoms with van der Waals surface area (Å²) in [7, 11) is 0. The van der Waals surface area contributed by atoms with Crippen molar-refractivity contribution in [1.82, 2.24) is 10.2 Å². The lowest BCUT2D eigenvalue weighted by Crippen LogP contribution is -2.41. The molecule has 96 valence electrons. The molecular weight excluding hydrogens is 200 g/mol. The average molecular weight is 228 g/mol. The molecule has 3 nitrogen and oxygen atoms in total. The highest BCUT2D eigenvalue weighted by atomic mass is 16.3. The molecule has 0 aromatic heterocycles. The summed E-state index contributed by atoms with van der Waals surface area (Å²) in [6, 6.07) is 0.278. The molecule has 0 amide bonds. The Morgan fingerprint density at radius 2 is 1.94 bits per heavy atom. The van der Waals surface area contributed by atoms with Gasteiger partial charge in [-0.3, -0.25) is 0 Å². The van der Waals surface area contributed by atoms with Gasteiger partial charge in [0.15, 0.2) is 0 Å². The molecule has 1 saturated heterocycles. The number of hydrogen-bond donors (Lipinski definition) is 2. The van der Waals surface area contributed by atoms with Crippen LogP contribution in [0.1, 0.15) is 40.0 Å². The molecule has 0 aromatic rings. The van der Waals surface area contributed by atoms with Crippen molar-refractivity contribution in [3.63, 3.8) is 0 Å². The number of likely N-dealkylation sites (N-methyl/N-ethyl adjacent to an activating group) is 1. The zero-order valence-corrected chi connectivity index (χ0v) is 11.1. The summed E-state index contributed by atoms with van der Waals surface area (Å²) in [5.74, 6) is 0. The van der Waals surface area contributed by atoms with Gasteiger partial charge in [0.25, 0.3) is 0 Å². The first-order valence-corrected chi connectivity index (χ1v) is 6.64. The molecule has 1 atom stereocenters. The minimum Gasteiger partial charge on any atom is -0.395 e. The van der Waals surface area contributed by atoms with Gasteiger partial charge in [0, 0.05) is 6.04 Å². The molecule has 1 rings (SSSR count). The predicted molar refractivity (Wildman–Crippen MR) is 68.6 cm³/mol. The minimum atomic E-state index is 0.257. The Morgan fingerprint density at radius 3 is 2.44 bits per heavy atom. The van der Waals surface area contributed by atoms with Crippen LogP contribution in [0.15, 0.2) is 0 Å². The highest BCUT2D eigenvalue weighted by Gasteiger charge is 2.25. The standard InChI is InChI=1S/C13H28N2O/c1-4-14-12(11-16)5-8-15-9-6-13(2,3)7-10-15/h12,14,16H,4-11H2,1-3H3. The van der Waals surface area contributed by atoms with E-state index in [0.29, 0.717) is 5.41 Å². The van der Waals surface area contributed by atoms with E-state index in [1.54, 1.807) is 0 Å². The second kappa shape index (κ2) is 6.58. The van der Waals surface area contributed by atoms with E-state index >= 15 is 0 Å². The molecule has 0 radical (unpaired) electrons. The van der Waals surface area contributed by atoms with Gasteiger partial charge in [-0.05, 0) is 50.9 Å². The van der Waals surface area contributed by atoms with Crippen LogP contribution in [0.5, 0.6) is 0 Å². The smallest absolute Gasteiger partial charge is 0.0585 e. The van der Waals surface area contributed by atoms with Gasteiger partial charge in [0.05, 0.1) is 6.61 Å². The fraction of sp³-hybridized carbons (Fsp3) is 1.00. The number of piperidine rings is 1. The fourth-order valence-electron chi connectivity index (χ4n) is 2.27. The highest BCUT2D eigenvalue weighted by molar-refractivity contribution is 4.79. The van der Waals surface area contributed by atoms with Crippen LogP contribution < -0.4 is 5.32 Å². The molecule has 0 aromatic carbocycles. The van der Waals surface area contributed by atoms with Gasteiger partial charge < -0.3 is 15.3 Å². The van der Waals surface area contributed by atoms with Crippen LogP contribution in [0, 0.1) is 5.41 Å². The Balaban J connectivity index is 2.18. The normalized spacial score (nSPS) is 23.2. The second-order valence-corrected chi connectivity index (χ2v) is 5.73. The topological polar surface area (TPSA) is 35.5 Å². The lowest BCUT2D eigenvalue weighted by molar-refractivity contribution is 0.123. The molecule has 1 fully saturated rings. The van der Waals surface area contributed by atoms with Crippen molar-refractivity contribution in [2.24, 2.45) is 5.41 Å². The summed E-state index contributed by atoms with van der Waals surface area (Å²) >= 11 is 0.